The lowest BCUT2D eigenvalue weighted by Crippen LogP contribution is -2.18. The smallest absolute Gasteiger partial charge is 0.272 e. The van der Waals surface area contributed by atoms with Crippen LogP contribution in [0.25, 0.3) is 11.3 Å². The van der Waals surface area contributed by atoms with Gasteiger partial charge in [0.15, 0.2) is 0 Å². The van der Waals surface area contributed by atoms with Crippen molar-refractivity contribution in [3.8, 4) is 11.3 Å². The third-order valence-corrected chi connectivity index (χ3v) is 4.42. The molecule has 28 heavy (non-hydrogen) atoms. The molecule has 0 saturated carbocycles. The molecule has 0 bridgehead atoms. The fraction of sp³-hybridized carbons (Fsp3) is 0.0526. The lowest BCUT2D eigenvalue weighted by Gasteiger charge is -2.03. The summed E-state index contributed by atoms with van der Waals surface area (Å²) in [5.74, 6) is 0.200. The molecule has 0 fully saturated rings. The minimum absolute atomic E-state index is 0.103. The van der Waals surface area contributed by atoms with Gasteiger partial charge in [-0.05, 0) is 42.8 Å². The van der Waals surface area contributed by atoms with Gasteiger partial charge < -0.3 is 4.42 Å². The van der Waals surface area contributed by atoms with E-state index in [2.05, 4.69) is 10.5 Å². The molecule has 0 aliphatic carbocycles. The van der Waals surface area contributed by atoms with Gasteiger partial charge >= 0.3 is 0 Å². The molecule has 3 aromatic rings. The van der Waals surface area contributed by atoms with E-state index >= 15 is 0 Å². The maximum Gasteiger partial charge on any atom is 0.272 e. The highest BCUT2D eigenvalue weighted by molar-refractivity contribution is 6.34. The summed E-state index contributed by atoms with van der Waals surface area (Å²) in [6, 6.07) is 12.3. The first kappa shape index (κ1) is 19.6. The van der Waals surface area contributed by atoms with E-state index in [4.69, 9.17) is 27.6 Å². The Kier molecular flexibility index (Phi) is 5.77. The first-order valence-electron chi connectivity index (χ1n) is 7.99. The van der Waals surface area contributed by atoms with Crippen LogP contribution in [0, 0.1) is 17.0 Å². The van der Waals surface area contributed by atoms with Gasteiger partial charge in [-0.2, -0.15) is 5.10 Å². The SMILES string of the molecule is Cc1ccc(C(=O)N/N=C\c2ccc(-c3cc([N+](=O)[O-])ccc3Cl)o2)c(Cl)c1. The number of furan rings is 1. The zero-order valence-electron chi connectivity index (χ0n) is 14.5. The molecular formula is C19H13Cl2N3O4. The maximum absolute atomic E-state index is 12.1. The highest BCUT2D eigenvalue weighted by Gasteiger charge is 2.14. The van der Waals surface area contributed by atoms with Gasteiger partial charge in [0.05, 0.1) is 26.7 Å². The number of nitro groups is 1. The van der Waals surface area contributed by atoms with Crippen LogP contribution in [0.4, 0.5) is 5.69 Å². The van der Waals surface area contributed by atoms with Crippen LogP contribution in [0.2, 0.25) is 10.0 Å². The van der Waals surface area contributed by atoms with Gasteiger partial charge in [-0.25, -0.2) is 5.43 Å². The van der Waals surface area contributed by atoms with Gasteiger partial charge in [0, 0.05) is 17.7 Å². The fourth-order valence-corrected chi connectivity index (χ4v) is 2.93. The number of benzene rings is 2. The third-order valence-electron chi connectivity index (χ3n) is 3.78. The van der Waals surface area contributed by atoms with Crippen molar-refractivity contribution < 1.29 is 14.1 Å². The van der Waals surface area contributed by atoms with Crippen LogP contribution in [0.15, 0.2) is 58.0 Å². The molecule has 0 aliphatic heterocycles. The van der Waals surface area contributed by atoms with Crippen LogP contribution < -0.4 is 5.43 Å². The van der Waals surface area contributed by atoms with Gasteiger partial charge in [-0.3, -0.25) is 14.9 Å². The quantitative estimate of drug-likeness (QED) is 0.348. The fourth-order valence-electron chi connectivity index (χ4n) is 2.40. The Labute approximate surface area is 169 Å². The van der Waals surface area contributed by atoms with Crippen LogP contribution in [0.3, 0.4) is 0 Å². The standard InChI is InChI=1S/C19H13Cl2N3O4/c1-11-2-5-14(17(21)8-11)19(25)23-22-10-13-4-7-18(28-13)15-9-12(24(26)27)3-6-16(15)20/h2-10H,1H3,(H,23,25)/b22-10-. The van der Waals surface area contributed by atoms with Crippen LogP contribution in [0.5, 0.6) is 0 Å². The molecule has 1 amide bonds. The van der Waals surface area contributed by atoms with Crippen molar-refractivity contribution in [1.29, 1.82) is 0 Å². The third kappa shape index (κ3) is 4.39. The monoisotopic (exact) mass is 417 g/mol. The summed E-state index contributed by atoms with van der Waals surface area (Å²) in [5.41, 5.74) is 3.88. The minimum Gasteiger partial charge on any atom is -0.455 e. The summed E-state index contributed by atoms with van der Waals surface area (Å²) in [4.78, 5) is 22.5. The zero-order valence-corrected chi connectivity index (χ0v) is 16.0. The molecule has 0 unspecified atom stereocenters. The number of nitro benzene ring substituents is 1. The number of aryl methyl sites for hydroxylation is 1. The topological polar surface area (TPSA) is 97.7 Å². The average Bonchev–Trinajstić information content (AvgIpc) is 3.10. The van der Waals surface area contributed by atoms with Crippen LogP contribution >= 0.6 is 23.2 Å². The number of hydrogen-bond donors (Lipinski definition) is 1. The number of amides is 1. The first-order valence-corrected chi connectivity index (χ1v) is 8.74. The highest BCUT2D eigenvalue weighted by Crippen LogP contribution is 2.32. The number of halogens is 2. The van der Waals surface area contributed by atoms with Crippen molar-refractivity contribution in [1.82, 2.24) is 5.43 Å². The molecule has 1 aromatic heterocycles. The molecule has 0 radical (unpaired) electrons. The number of nitrogens with one attached hydrogen (secondary N) is 1. The van der Waals surface area contributed by atoms with Crippen molar-refractivity contribution in [2.45, 2.75) is 6.92 Å². The van der Waals surface area contributed by atoms with Crippen LogP contribution in [-0.4, -0.2) is 17.0 Å². The van der Waals surface area contributed by atoms with E-state index in [9.17, 15) is 14.9 Å². The maximum atomic E-state index is 12.1. The van der Waals surface area contributed by atoms with Gasteiger partial charge in [-0.15, -0.1) is 0 Å². The number of carbonyl (C=O) groups excluding carboxylic acids is 1. The second-order valence-electron chi connectivity index (χ2n) is 5.81. The first-order chi connectivity index (χ1) is 13.3. The summed E-state index contributed by atoms with van der Waals surface area (Å²) in [6.45, 7) is 1.87. The Hall–Kier alpha value is -3.16. The summed E-state index contributed by atoms with van der Waals surface area (Å²) in [5, 5.41) is 15.4. The molecule has 1 heterocycles. The highest BCUT2D eigenvalue weighted by atomic mass is 35.5. The normalized spacial score (nSPS) is 11.0. The van der Waals surface area contributed by atoms with Crippen molar-refractivity contribution >= 4 is 41.0 Å². The molecule has 2 aromatic carbocycles. The predicted molar refractivity (Wildman–Crippen MR) is 107 cm³/mol. The van der Waals surface area contributed by atoms with E-state index < -0.39 is 10.8 Å². The van der Waals surface area contributed by atoms with Crippen molar-refractivity contribution in [3.63, 3.8) is 0 Å². The minimum atomic E-state index is -0.517. The molecule has 1 N–H and O–H groups in total. The predicted octanol–water partition coefficient (Wildman–Crippen LogP) is 5.23. The van der Waals surface area contributed by atoms with Crippen molar-refractivity contribution in [3.05, 3.63) is 85.6 Å². The van der Waals surface area contributed by atoms with Gasteiger partial charge in [0.1, 0.15) is 11.5 Å². The second-order valence-corrected chi connectivity index (χ2v) is 6.62. The van der Waals surface area contributed by atoms with E-state index in [1.165, 1.54) is 24.4 Å². The molecule has 7 nitrogen and oxygen atoms in total. The van der Waals surface area contributed by atoms with E-state index in [0.29, 0.717) is 32.7 Å². The van der Waals surface area contributed by atoms with Crippen molar-refractivity contribution in [2.24, 2.45) is 5.10 Å². The molecule has 0 aliphatic rings. The van der Waals surface area contributed by atoms with Crippen LogP contribution in [0.1, 0.15) is 21.7 Å². The molecule has 0 saturated heterocycles. The van der Waals surface area contributed by atoms with Gasteiger partial charge in [0.25, 0.3) is 11.6 Å². The molecular weight excluding hydrogens is 405 g/mol. The lowest BCUT2D eigenvalue weighted by atomic mass is 10.1. The Bertz CT molecular complexity index is 1090. The van der Waals surface area contributed by atoms with E-state index in [-0.39, 0.29) is 5.69 Å². The number of nitrogens with zero attached hydrogens (tertiary/aromatic N) is 2. The molecule has 0 atom stereocenters. The van der Waals surface area contributed by atoms with Gasteiger partial charge in [0.2, 0.25) is 0 Å². The van der Waals surface area contributed by atoms with Gasteiger partial charge in [-0.1, -0.05) is 29.3 Å². The van der Waals surface area contributed by atoms with Crippen molar-refractivity contribution in [2.75, 3.05) is 0 Å². The Morgan fingerprint density at radius 2 is 1.93 bits per heavy atom. The average molecular weight is 418 g/mol. The molecule has 0 spiro atoms. The Morgan fingerprint density at radius 1 is 1.14 bits per heavy atom. The molecule has 142 valence electrons. The van der Waals surface area contributed by atoms with E-state index in [1.54, 1.807) is 30.3 Å². The van der Waals surface area contributed by atoms with E-state index in [1.807, 2.05) is 6.92 Å². The summed E-state index contributed by atoms with van der Waals surface area (Å²) < 4.78 is 5.58. The number of rotatable bonds is 5. The molecule has 9 heteroatoms. The number of hydrogen-bond acceptors (Lipinski definition) is 5. The summed E-state index contributed by atoms with van der Waals surface area (Å²) >= 11 is 12.1. The summed E-state index contributed by atoms with van der Waals surface area (Å²) in [7, 11) is 0. The number of hydrazone groups is 1. The number of carbonyl (C=O) groups is 1. The second kappa shape index (κ2) is 8.24. The van der Waals surface area contributed by atoms with E-state index in [0.717, 1.165) is 5.56 Å². The molecule has 3 rings (SSSR count). The number of non-ortho nitro benzene ring substituents is 1. The Balaban J connectivity index is 1.73. The Morgan fingerprint density at radius 3 is 2.64 bits per heavy atom. The van der Waals surface area contributed by atoms with Crippen LogP contribution in [-0.2, 0) is 0 Å². The largest absolute Gasteiger partial charge is 0.455 e. The lowest BCUT2D eigenvalue weighted by molar-refractivity contribution is -0.384. The zero-order chi connectivity index (χ0) is 20.3. The summed E-state index contributed by atoms with van der Waals surface area (Å²) in [6.07, 6.45) is 1.30.